The van der Waals surface area contributed by atoms with Crippen LogP contribution in [0.2, 0.25) is 0 Å². The lowest BCUT2D eigenvalue weighted by molar-refractivity contribution is -0.150. The highest BCUT2D eigenvalue weighted by Crippen LogP contribution is 2.27. The van der Waals surface area contributed by atoms with Gasteiger partial charge in [0.2, 0.25) is 5.91 Å². The Morgan fingerprint density at radius 2 is 2.29 bits per heavy atom. The van der Waals surface area contributed by atoms with E-state index in [1.807, 2.05) is 6.08 Å². The minimum atomic E-state index is -0.598. The van der Waals surface area contributed by atoms with Crippen molar-refractivity contribution < 1.29 is 14.7 Å². The molecule has 0 spiro atoms. The van der Waals surface area contributed by atoms with E-state index in [-0.39, 0.29) is 11.9 Å². The summed E-state index contributed by atoms with van der Waals surface area (Å²) in [7, 11) is 0. The van der Waals surface area contributed by atoms with E-state index in [2.05, 4.69) is 12.2 Å². The summed E-state index contributed by atoms with van der Waals surface area (Å²) in [5.74, 6) is -0.653. The predicted molar refractivity (Wildman–Crippen MR) is 63.0 cm³/mol. The van der Waals surface area contributed by atoms with Gasteiger partial charge in [0, 0.05) is 6.42 Å². The van der Waals surface area contributed by atoms with E-state index in [0.717, 1.165) is 31.3 Å². The monoisotopic (exact) mass is 235 g/mol. The van der Waals surface area contributed by atoms with Gasteiger partial charge in [-0.15, -0.1) is 0 Å². The number of hydrogen-bond acceptors (Lipinski definition) is 3. The summed E-state index contributed by atoms with van der Waals surface area (Å²) in [5.41, 5.74) is 1.03. The van der Waals surface area contributed by atoms with Crippen LogP contribution < -0.4 is 0 Å². The van der Waals surface area contributed by atoms with E-state index < -0.39 is 12.5 Å². The standard InChI is InChI=1S/C13H17NO3/c15-9-13(17)14-11(7-4-8-12(14)16)10-5-2-1-3-6-10/h2,5-6,11,15H,1,3-4,7-9H2/t11-/m0/s1. The Bertz CT molecular complexity index is 376. The number of likely N-dealkylation sites (tertiary alicyclic amines) is 1. The Labute approximate surface area is 101 Å². The largest absolute Gasteiger partial charge is 0.387 e. The smallest absolute Gasteiger partial charge is 0.255 e. The second-order valence-electron chi connectivity index (χ2n) is 4.41. The fraction of sp³-hybridized carbons (Fsp3) is 0.538. The van der Waals surface area contributed by atoms with Gasteiger partial charge >= 0.3 is 0 Å². The molecule has 2 rings (SSSR count). The average molecular weight is 235 g/mol. The molecule has 1 atom stereocenters. The van der Waals surface area contributed by atoms with Crippen LogP contribution in [0.5, 0.6) is 0 Å². The van der Waals surface area contributed by atoms with Gasteiger partial charge in [-0.2, -0.15) is 0 Å². The molecular weight excluding hydrogens is 218 g/mol. The number of allylic oxidation sites excluding steroid dienone is 2. The van der Waals surface area contributed by atoms with Gasteiger partial charge in [0.1, 0.15) is 6.61 Å². The van der Waals surface area contributed by atoms with Crippen molar-refractivity contribution in [3.8, 4) is 0 Å². The summed E-state index contributed by atoms with van der Waals surface area (Å²) in [5, 5.41) is 8.94. The van der Waals surface area contributed by atoms with Gasteiger partial charge in [-0.05, 0) is 31.3 Å². The predicted octanol–water partition coefficient (Wildman–Crippen LogP) is 1.16. The highest BCUT2D eigenvalue weighted by molar-refractivity contribution is 5.97. The van der Waals surface area contributed by atoms with Gasteiger partial charge in [-0.25, -0.2) is 0 Å². The van der Waals surface area contributed by atoms with Gasteiger partial charge in [-0.3, -0.25) is 14.5 Å². The lowest BCUT2D eigenvalue weighted by Crippen LogP contribution is -2.49. The van der Waals surface area contributed by atoms with Crippen LogP contribution in [0.4, 0.5) is 0 Å². The zero-order chi connectivity index (χ0) is 12.3. The molecule has 1 aliphatic heterocycles. The second-order valence-corrected chi connectivity index (χ2v) is 4.41. The number of hydrogen-bond donors (Lipinski definition) is 1. The molecule has 0 aromatic rings. The average Bonchev–Trinajstić information content (AvgIpc) is 2.38. The van der Waals surface area contributed by atoms with E-state index in [0.29, 0.717) is 6.42 Å². The molecule has 0 radical (unpaired) electrons. The maximum absolute atomic E-state index is 11.8. The first-order valence-corrected chi connectivity index (χ1v) is 6.06. The van der Waals surface area contributed by atoms with E-state index in [9.17, 15) is 9.59 Å². The molecule has 2 aliphatic rings. The molecule has 0 aromatic carbocycles. The fourth-order valence-corrected chi connectivity index (χ4v) is 2.46. The third kappa shape index (κ3) is 2.47. The first-order valence-electron chi connectivity index (χ1n) is 6.06. The third-order valence-electron chi connectivity index (χ3n) is 3.26. The van der Waals surface area contributed by atoms with Crippen LogP contribution in [-0.4, -0.2) is 34.5 Å². The summed E-state index contributed by atoms with van der Waals surface area (Å²) in [6.07, 6.45) is 10.1. The molecule has 1 heterocycles. The molecule has 0 bridgehead atoms. The fourth-order valence-electron chi connectivity index (χ4n) is 2.46. The lowest BCUT2D eigenvalue weighted by atomic mass is 9.91. The zero-order valence-corrected chi connectivity index (χ0v) is 9.76. The Hall–Kier alpha value is -1.42. The summed E-state index contributed by atoms with van der Waals surface area (Å²) in [6, 6.07) is -0.174. The normalized spacial score (nSPS) is 24.8. The van der Waals surface area contributed by atoms with Crippen molar-refractivity contribution in [3.05, 3.63) is 23.8 Å². The van der Waals surface area contributed by atoms with Gasteiger partial charge in [0.15, 0.2) is 0 Å². The maximum atomic E-state index is 11.8. The lowest BCUT2D eigenvalue weighted by Gasteiger charge is -2.35. The molecule has 4 heteroatoms. The number of aliphatic hydroxyl groups excluding tert-OH is 1. The van der Waals surface area contributed by atoms with E-state index >= 15 is 0 Å². The quantitative estimate of drug-likeness (QED) is 0.781. The van der Waals surface area contributed by atoms with Gasteiger partial charge in [0.05, 0.1) is 6.04 Å². The first-order chi connectivity index (χ1) is 8.24. The number of aliphatic hydroxyl groups is 1. The molecule has 17 heavy (non-hydrogen) atoms. The first kappa shape index (κ1) is 12.0. The van der Waals surface area contributed by atoms with Crippen LogP contribution in [0.15, 0.2) is 23.8 Å². The number of piperidine rings is 1. The van der Waals surface area contributed by atoms with Crippen molar-refractivity contribution >= 4 is 11.8 Å². The van der Waals surface area contributed by atoms with Crippen LogP contribution in [0.25, 0.3) is 0 Å². The van der Waals surface area contributed by atoms with Crippen molar-refractivity contribution in [2.24, 2.45) is 0 Å². The van der Waals surface area contributed by atoms with Crippen molar-refractivity contribution in [2.45, 2.75) is 38.1 Å². The van der Waals surface area contributed by atoms with Crippen molar-refractivity contribution in [1.29, 1.82) is 0 Å². The number of carbonyl (C=O) groups excluding carboxylic acids is 2. The molecule has 0 unspecified atom stereocenters. The molecule has 0 saturated carbocycles. The summed E-state index contributed by atoms with van der Waals surface area (Å²) in [6.45, 7) is -0.598. The topological polar surface area (TPSA) is 57.6 Å². The molecule has 1 fully saturated rings. The Morgan fingerprint density at radius 3 is 2.94 bits per heavy atom. The molecule has 1 saturated heterocycles. The highest BCUT2D eigenvalue weighted by Gasteiger charge is 2.34. The highest BCUT2D eigenvalue weighted by atomic mass is 16.3. The van der Waals surface area contributed by atoms with E-state index in [1.54, 1.807) is 0 Å². The Kier molecular flexibility index (Phi) is 3.74. The molecule has 1 aliphatic carbocycles. The molecular formula is C13H17NO3. The van der Waals surface area contributed by atoms with Crippen LogP contribution in [0.3, 0.4) is 0 Å². The van der Waals surface area contributed by atoms with Gasteiger partial charge < -0.3 is 5.11 Å². The van der Waals surface area contributed by atoms with Crippen LogP contribution in [0.1, 0.15) is 32.1 Å². The third-order valence-corrected chi connectivity index (χ3v) is 3.26. The van der Waals surface area contributed by atoms with Crippen LogP contribution in [0, 0.1) is 0 Å². The molecule has 1 N–H and O–H groups in total. The number of nitrogens with zero attached hydrogens (tertiary/aromatic N) is 1. The molecule has 0 aromatic heterocycles. The Morgan fingerprint density at radius 1 is 1.47 bits per heavy atom. The van der Waals surface area contributed by atoms with E-state index in [4.69, 9.17) is 5.11 Å². The van der Waals surface area contributed by atoms with Crippen molar-refractivity contribution in [3.63, 3.8) is 0 Å². The van der Waals surface area contributed by atoms with Crippen molar-refractivity contribution in [1.82, 2.24) is 4.90 Å². The zero-order valence-electron chi connectivity index (χ0n) is 9.76. The molecule has 2 amide bonds. The van der Waals surface area contributed by atoms with Crippen molar-refractivity contribution in [2.75, 3.05) is 6.61 Å². The second kappa shape index (κ2) is 5.27. The van der Waals surface area contributed by atoms with Crippen LogP contribution >= 0.6 is 0 Å². The summed E-state index contributed by atoms with van der Waals surface area (Å²) >= 11 is 0. The minimum absolute atomic E-state index is 0.167. The molecule has 92 valence electrons. The Balaban J connectivity index is 2.23. The SMILES string of the molecule is O=C(CO)N1C(=O)CCC[C@H]1C1=CCCC=C1. The minimum Gasteiger partial charge on any atom is -0.387 e. The van der Waals surface area contributed by atoms with Gasteiger partial charge in [0.25, 0.3) is 5.91 Å². The van der Waals surface area contributed by atoms with Gasteiger partial charge in [-0.1, -0.05) is 18.2 Å². The van der Waals surface area contributed by atoms with E-state index in [1.165, 1.54) is 4.90 Å². The number of amides is 2. The number of rotatable bonds is 2. The van der Waals surface area contributed by atoms with Crippen LogP contribution in [-0.2, 0) is 9.59 Å². The number of carbonyl (C=O) groups is 2. The summed E-state index contributed by atoms with van der Waals surface area (Å²) in [4.78, 5) is 24.7. The number of imide groups is 1. The maximum Gasteiger partial charge on any atom is 0.255 e. The molecule has 4 nitrogen and oxygen atoms in total. The summed E-state index contributed by atoms with van der Waals surface area (Å²) < 4.78 is 0.